The maximum atomic E-state index is 11.4. The van der Waals surface area contributed by atoms with E-state index in [1.54, 1.807) is 14.0 Å². The Morgan fingerprint density at radius 1 is 1.62 bits per heavy atom. The summed E-state index contributed by atoms with van der Waals surface area (Å²) in [6, 6.07) is 0. The Kier molecular flexibility index (Phi) is 2.93. The second-order valence-corrected chi connectivity index (χ2v) is 4.10. The molecule has 1 saturated heterocycles. The fourth-order valence-electron chi connectivity index (χ4n) is 1.73. The fourth-order valence-corrected chi connectivity index (χ4v) is 1.73. The third kappa shape index (κ3) is 2.42. The quantitative estimate of drug-likeness (QED) is 0.666. The van der Waals surface area contributed by atoms with E-state index in [1.807, 2.05) is 14.0 Å². The first kappa shape index (κ1) is 10.5. The predicted octanol–water partition coefficient (Wildman–Crippen LogP) is -0.158. The fraction of sp³-hybridized carbons (Fsp3) is 0.889. The number of carbonyl (C=O) groups excluding carboxylic acids is 1. The largest absolute Gasteiger partial charge is 0.372 e. The van der Waals surface area contributed by atoms with E-state index in [-0.39, 0.29) is 17.6 Å². The highest BCUT2D eigenvalue weighted by molar-refractivity contribution is 5.81. The molecule has 0 aromatic rings. The van der Waals surface area contributed by atoms with Crippen molar-refractivity contribution in [2.24, 2.45) is 0 Å². The summed E-state index contributed by atoms with van der Waals surface area (Å²) in [6.45, 7) is 5.62. The maximum absolute atomic E-state index is 11.4. The van der Waals surface area contributed by atoms with Crippen molar-refractivity contribution in [1.82, 2.24) is 10.2 Å². The molecule has 4 nitrogen and oxygen atoms in total. The van der Waals surface area contributed by atoms with Gasteiger partial charge < -0.3 is 15.0 Å². The number of amides is 1. The van der Waals surface area contributed by atoms with E-state index in [9.17, 15) is 4.79 Å². The lowest BCUT2D eigenvalue weighted by Crippen LogP contribution is -2.68. The van der Waals surface area contributed by atoms with Crippen LogP contribution in [-0.2, 0) is 9.53 Å². The average Bonchev–Trinajstić information content (AvgIpc) is 2.00. The number of likely N-dealkylation sites (N-methyl/N-ethyl adjacent to an activating group) is 1. The Bertz CT molecular complexity index is 200. The van der Waals surface area contributed by atoms with Crippen LogP contribution in [0.4, 0.5) is 0 Å². The molecule has 4 heteroatoms. The first-order chi connectivity index (χ1) is 5.97. The van der Waals surface area contributed by atoms with Crippen molar-refractivity contribution in [3.05, 3.63) is 0 Å². The van der Waals surface area contributed by atoms with E-state index in [4.69, 9.17) is 4.74 Å². The number of methoxy groups -OCH3 is 1. The molecule has 13 heavy (non-hydrogen) atoms. The minimum Gasteiger partial charge on any atom is -0.372 e. The van der Waals surface area contributed by atoms with Gasteiger partial charge in [0.25, 0.3) is 0 Å². The molecule has 1 N–H and O–H groups in total. The molecule has 1 unspecified atom stereocenters. The Hall–Kier alpha value is -0.610. The van der Waals surface area contributed by atoms with E-state index < -0.39 is 0 Å². The summed E-state index contributed by atoms with van der Waals surface area (Å²) in [7, 11) is 3.58. The number of rotatable bonds is 3. The van der Waals surface area contributed by atoms with Crippen LogP contribution < -0.4 is 5.32 Å². The molecule has 1 heterocycles. The van der Waals surface area contributed by atoms with Crippen molar-refractivity contribution in [3.63, 3.8) is 0 Å². The molecule has 1 amide bonds. The summed E-state index contributed by atoms with van der Waals surface area (Å²) >= 11 is 0. The summed E-state index contributed by atoms with van der Waals surface area (Å²) in [4.78, 5) is 13.6. The SMILES string of the molecule is COC(C)C(=O)NC1(C)CN(C)C1. The molecule has 1 fully saturated rings. The average molecular weight is 186 g/mol. The Balaban J connectivity index is 2.36. The molecule has 1 aliphatic rings. The zero-order valence-electron chi connectivity index (χ0n) is 8.76. The van der Waals surface area contributed by atoms with Crippen LogP contribution in [0.15, 0.2) is 0 Å². The molecule has 1 atom stereocenters. The lowest BCUT2D eigenvalue weighted by atomic mass is 9.93. The molecule has 0 saturated carbocycles. The maximum Gasteiger partial charge on any atom is 0.249 e. The van der Waals surface area contributed by atoms with E-state index in [2.05, 4.69) is 10.2 Å². The van der Waals surface area contributed by atoms with Gasteiger partial charge in [0.05, 0.1) is 5.54 Å². The molecule has 0 spiro atoms. The van der Waals surface area contributed by atoms with Gasteiger partial charge in [-0.3, -0.25) is 4.79 Å². The van der Waals surface area contributed by atoms with E-state index in [0.717, 1.165) is 13.1 Å². The molecule has 0 aromatic carbocycles. The van der Waals surface area contributed by atoms with Crippen molar-refractivity contribution >= 4 is 5.91 Å². The van der Waals surface area contributed by atoms with Crippen molar-refractivity contribution < 1.29 is 9.53 Å². The standard InChI is InChI=1S/C9H18N2O2/c1-7(13-4)8(12)10-9(2)5-11(3)6-9/h7H,5-6H2,1-4H3,(H,10,12). The second-order valence-electron chi connectivity index (χ2n) is 4.10. The van der Waals surface area contributed by atoms with Gasteiger partial charge in [-0.25, -0.2) is 0 Å². The molecule has 0 bridgehead atoms. The van der Waals surface area contributed by atoms with Gasteiger partial charge in [-0.15, -0.1) is 0 Å². The minimum atomic E-state index is -0.359. The molecular weight excluding hydrogens is 168 g/mol. The van der Waals surface area contributed by atoms with E-state index >= 15 is 0 Å². The number of nitrogens with zero attached hydrogens (tertiary/aromatic N) is 1. The molecule has 1 rings (SSSR count). The zero-order valence-corrected chi connectivity index (χ0v) is 8.76. The molecule has 0 aliphatic carbocycles. The molecular formula is C9H18N2O2. The molecule has 1 aliphatic heterocycles. The number of nitrogens with one attached hydrogen (secondary N) is 1. The Morgan fingerprint density at radius 3 is 2.54 bits per heavy atom. The van der Waals surface area contributed by atoms with Gasteiger partial charge in [-0.05, 0) is 20.9 Å². The Labute approximate surface area is 79.2 Å². The van der Waals surface area contributed by atoms with Crippen LogP contribution in [0.2, 0.25) is 0 Å². The van der Waals surface area contributed by atoms with Gasteiger partial charge in [-0.1, -0.05) is 0 Å². The van der Waals surface area contributed by atoms with Crippen molar-refractivity contribution in [2.75, 3.05) is 27.2 Å². The van der Waals surface area contributed by atoms with Gasteiger partial charge >= 0.3 is 0 Å². The van der Waals surface area contributed by atoms with Crippen LogP contribution in [0.1, 0.15) is 13.8 Å². The summed E-state index contributed by atoms with van der Waals surface area (Å²) < 4.78 is 4.93. The lowest BCUT2D eigenvalue weighted by Gasteiger charge is -2.46. The third-order valence-electron chi connectivity index (χ3n) is 2.39. The first-order valence-corrected chi connectivity index (χ1v) is 4.50. The van der Waals surface area contributed by atoms with Gasteiger partial charge in [0, 0.05) is 20.2 Å². The van der Waals surface area contributed by atoms with E-state index in [0.29, 0.717) is 0 Å². The van der Waals surface area contributed by atoms with Crippen LogP contribution in [0.3, 0.4) is 0 Å². The van der Waals surface area contributed by atoms with Crippen molar-refractivity contribution in [2.45, 2.75) is 25.5 Å². The molecule has 0 aromatic heterocycles. The summed E-state index contributed by atoms with van der Waals surface area (Å²) in [5.41, 5.74) is -0.0569. The van der Waals surface area contributed by atoms with Crippen LogP contribution >= 0.6 is 0 Å². The summed E-state index contributed by atoms with van der Waals surface area (Å²) in [5.74, 6) is -0.0295. The number of hydrogen-bond donors (Lipinski definition) is 1. The highest BCUT2D eigenvalue weighted by Crippen LogP contribution is 2.17. The van der Waals surface area contributed by atoms with Gasteiger partial charge in [0.2, 0.25) is 5.91 Å². The highest BCUT2D eigenvalue weighted by atomic mass is 16.5. The number of ether oxygens (including phenoxy) is 1. The van der Waals surface area contributed by atoms with Crippen LogP contribution in [-0.4, -0.2) is 49.7 Å². The number of likely N-dealkylation sites (tertiary alicyclic amines) is 1. The van der Waals surface area contributed by atoms with Crippen LogP contribution in [0.25, 0.3) is 0 Å². The van der Waals surface area contributed by atoms with Crippen LogP contribution in [0, 0.1) is 0 Å². The van der Waals surface area contributed by atoms with E-state index in [1.165, 1.54) is 0 Å². The molecule has 0 radical (unpaired) electrons. The smallest absolute Gasteiger partial charge is 0.249 e. The minimum absolute atomic E-state index is 0.0295. The second kappa shape index (κ2) is 3.64. The first-order valence-electron chi connectivity index (χ1n) is 4.50. The van der Waals surface area contributed by atoms with Crippen molar-refractivity contribution in [1.29, 1.82) is 0 Å². The predicted molar refractivity (Wildman–Crippen MR) is 50.5 cm³/mol. The Morgan fingerprint density at radius 2 is 2.15 bits per heavy atom. The van der Waals surface area contributed by atoms with Gasteiger partial charge in [0.15, 0.2) is 0 Å². The summed E-state index contributed by atoms with van der Waals surface area (Å²) in [5, 5.41) is 2.97. The summed E-state index contributed by atoms with van der Waals surface area (Å²) in [6.07, 6.45) is -0.359. The van der Waals surface area contributed by atoms with Gasteiger partial charge in [0.1, 0.15) is 6.10 Å². The number of carbonyl (C=O) groups is 1. The zero-order chi connectivity index (χ0) is 10.1. The normalized spacial score (nSPS) is 23.4. The lowest BCUT2D eigenvalue weighted by molar-refractivity contribution is -0.133. The van der Waals surface area contributed by atoms with Gasteiger partial charge in [-0.2, -0.15) is 0 Å². The number of hydrogen-bond acceptors (Lipinski definition) is 3. The van der Waals surface area contributed by atoms with Crippen molar-refractivity contribution in [3.8, 4) is 0 Å². The highest BCUT2D eigenvalue weighted by Gasteiger charge is 2.38. The monoisotopic (exact) mass is 186 g/mol. The third-order valence-corrected chi connectivity index (χ3v) is 2.39. The topological polar surface area (TPSA) is 41.6 Å². The molecule has 76 valence electrons. The van der Waals surface area contributed by atoms with Crippen LogP contribution in [0.5, 0.6) is 0 Å².